The van der Waals surface area contributed by atoms with Gasteiger partial charge in [0.15, 0.2) is 0 Å². The highest BCUT2D eigenvalue weighted by atomic mass is 127. The van der Waals surface area contributed by atoms with Crippen molar-refractivity contribution in [1.29, 1.82) is 0 Å². The zero-order valence-corrected chi connectivity index (χ0v) is 20.7. The maximum atomic E-state index is 5.40. The van der Waals surface area contributed by atoms with Gasteiger partial charge in [0.2, 0.25) is 0 Å². The minimum absolute atomic E-state index is 0.705. The van der Waals surface area contributed by atoms with Gasteiger partial charge in [0, 0.05) is 29.7 Å². The average molecular weight is 537 g/mol. The summed E-state index contributed by atoms with van der Waals surface area (Å²) in [6.45, 7) is 11.8. The number of nitrogens with zero attached hydrogens (tertiary/aromatic N) is 5. The molecule has 4 rings (SSSR count). The first-order valence-corrected chi connectivity index (χ1v) is 11.3. The summed E-state index contributed by atoms with van der Waals surface area (Å²) in [5, 5.41) is 4.11. The summed E-state index contributed by atoms with van der Waals surface area (Å²) in [7, 11) is 0. The molecule has 0 radical (unpaired) electrons. The van der Waals surface area contributed by atoms with Crippen molar-refractivity contribution >= 4 is 40.3 Å². The Balaban J connectivity index is 2.05. The highest BCUT2D eigenvalue weighted by Crippen LogP contribution is 2.39. The Labute approximate surface area is 200 Å². The van der Waals surface area contributed by atoms with Crippen molar-refractivity contribution < 1.29 is 4.52 Å². The van der Waals surface area contributed by atoms with E-state index in [0.29, 0.717) is 0 Å². The number of rotatable bonds is 6. The van der Waals surface area contributed by atoms with Crippen molar-refractivity contribution in [2.24, 2.45) is 4.99 Å². The van der Waals surface area contributed by atoms with Crippen LogP contribution in [0.5, 0.6) is 0 Å². The van der Waals surface area contributed by atoms with Crippen molar-refractivity contribution in [3.8, 4) is 11.1 Å². The molecule has 1 unspecified atom stereocenters. The van der Waals surface area contributed by atoms with Crippen LogP contribution in [0.1, 0.15) is 31.0 Å². The lowest BCUT2D eigenvalue weighted by molar-refractivity contribution is 0.393. The van der Waals surface area contributed by atoms with Gasteiger partial charge in [-0.05, 0) is 81.3 Å². The molecule has 0 saturated heterocycles. The van der Waals surface area contributed by atoms with Crippen molar-refractivity contribution in [2.75, 3.05) is 0 Å². The summed E-state index contributed by atoms with van der Waals surface area (Å²) >= 11 is 2.33. The number of hydrogen-bond donors (Lipinski definition) is 0. The molecule has 0 saturated carbocycles. The van der Waals surface area contributed by atoms with Crippen LogP contribution in [0.25, 0.3) is 22.2 Å². The summed E-state index contributed by atoms with van der Waals surface area (Å²) in [5.41, 5.74) is 5.58. The van der Waals surface area contributed by atoms with Crippen LogP contribution in [-0.2, 0) is 5.54 Å². The Bertz CT molecular complexity index is 1330. The molecule has 0 aliphatic carbocycles. The molecule has 0 fully saturated rings. The van der Waals surface area contributed by atoms with Gasteiger partial charge >= 0.3 is 0 Å². The maximum absolute atomic E-state index is 5.40. The van der Waals surface area contributed by atoms with Crippen LogP contribution < -0.4 is 0 Å². The quantitative estimate of drug-likeness (QED) is 0.166. The molecule has 6 nitrogen and oxygen atoms in total. The monoisotopic (exact) mass is 537 g/mol. The Hall–Kier alpha value is -3.07. The molecule has 0 spiro atoms. The smallest absolute Gasteiger partial charge is 0.141 e. The number of aliphatic imine (C=N–C) groups is 1. The van der Waals surface area contributed by atoms with E-state index in [-0.39, 0.29) is 0 Å². The molecule has 4 aromatic rings. The van der Waals surface area contributed by atoms with E-state index in [1.54, 1.807) is 6.20 Å². The molecule has 0 N–H and O–H groups in total. The number of hydrogen-bond acceptors (Lipinski definition) is 5. The highest BCUT2D eigenvalue weighted by molar-refractivity contribution is 14.1. The van der Waals surface area contributed by atoms with Crippen LogP contribution in [0.3, 0.4) is 0 Å². The number of aryl methyl sites for hydroxylation is 2. The van der Waals surface area contributed by atoms with E-state index in [9.17, 15) is 0 Å². The highest BCUT2D eigenvalue weighted by Gasteiger charge is 2.36. The van der Waals surface area contributed by atoms with Gasteiger partial charge in [-0.15, -0.1) is 0 Å². The zero-order chi connectivity index (χ0) is 22.9. The Morgan fingerprint density at radius 1 is 1.28 bits per heavy atom. The SMILES string of the molecule is C=N/C(=C\C=C/C)C(C)(c1ccccn1)n1cc(I)c2ncc(-c3c(C)noc3C)cc21. The molecule has 7 heteroatoms. The third kappa shape index (κ3) is 3.60. The first kappa shape index (κ1) is 22.1. The van der Waals surface area contributed by atoms with Crippen molar-refractivity contribution in [1.82, 2.24) is 19.7 Å². The lowest BCUT2D eigenvalue weighted by atomic mass is 9.91. The van der Waals surface area contributed by atoms with Crippen LogP contribution >= 0.6 is 22.6 Å². The van der Waals surface area contributed by atoms with Crippen LogP contribution in [-0.4, -0.2) is 26.4 Å². The second-order valence-corrected chi connectivity index (χ2v) is 8.82. The topological polar surface area (TPSA) is 69.1 Å². The van der Waals surface area contributed by atoms with E-state index in [0.717, 1.165) is 48.6 Å². The zero-order valence-electron chi connectivity index (χ0n) is 18.5. The van der Waals surface area contributed by atoms with E-state index in [1.807, 2.05) is 63.4 Å². The number of halogens is 1. The maximum Gasteiger partial charge on any atom is 0.141 e. The van der Waals surface area contributed by atoms with Crippen molar-refractivity contribution in [3.63, 3.8) is 0 Å². The number of allylic oxidation sites excluding steroid dienone is 4. The van der Waals surface area contributed by atoms with Crippen LogP contribution in [0, 0.1) is 17.4 Å². The van der Waals surface area contributed by atoms with Gasteiger partial charge < -0.3 is 9.09 Å². The Morgan fingerprint density at radius 3 is 2.72 bits per heavy atom. The summed E-state index contributed by atoms with van der Waals surface area (Å²) in [5.74, 6) is 0.769. The third-order valence-electron chi connectivity index (χ3n) is 5.68. The van der Waals surface area contributed by atoms with Gasteiger partial charge in [0.05, 0.1) is 26.2 Å². The van der Waals surface area contributed by atoms with Gasteiger partial charge in [-0.25, -0.2) is 0 Å². The van der Waals surface area contributed by atoms with Crippen molar-refractivity contribution in [3.05, 3.63) is 87.5 Å². The molecule has 0 bridgehead atoms. The first-order chi connectivity index (χ1) is 15.4. The van der Waals surface area contributed by atoms with Crippen LogP contribution in [0.2, 0.25) is 0 Å². The predicted octanol–water partition coefficient (Wildman–Crippen LogP) is 6.23. The predicted molar refractivity (Wildman–Crippen MR) is 137 cm³/mol. The molecule has 162 valence electrons. The van der Waals surface area contributed by atoms with Gasteiger partial charge in [0.25, 0.3) is 0 Å². The fraction of sp³-hybridized carbons (Fsp3) is 0.200. The second kappa shape index (κ2) is 8.82. The molecule has 0 aliphatic rings. The Morgan fingerprint density at radius 2 is 2.09 bits per heavy atom. The fourth-order valence-electron chi connectivity index (χ4n) is 4.05. The third-order valence-corrected chi connectivity index (χ3v) is 6.47. The minimum atomic E-state index is -0.705. The molecule has 1 atom stereocenters. The van der Waals surface area contributed by atoms with E-state index < -0.39 is 5.54 Å². The van der Waals surface area contributed by atoms with Gasteiger partial charge in [-0.3, -0.25) is 15.0 Å². The van der Waals surface area contributed by atoms with E-state index in [4.69, 9.17) is 14.5 Å². The van der Waals surface area contributed by atoms with Gasteiger partial charge in [0.1, 0.15) is 16.8 Å². The summed E-state index contributed by atoms with van der Waals surface area (Å²) in [6, 6.07) is 8.05. The number of pyridine rings is 2. The van der Waals surface area contributed by atoms with Crippen LogP contribution in [0.15, 0.2) is 76.3 Å². The summed E-state index contributed by atoms with van der Waals surface area (Å²) in [6.07, 6.45) is 11.7. The molecule has 0 amide bonds. The van der Waals surface area contributed by atoms with Gasteiger partial charge in [-0.1, -0.05) is 23.4 Å². The van der Waals surface area contributed by atoms with E-state index in [1.165, 1.54) is 0 Å². The normalized spacial score (nSPS) is 14.2. The second-order valence-electron chi connectivity index (χ2n) is 7.66. The molecule has 0 aromatic carbocycles. The minimum Gasteiger partial charge on any atom is -0.361 e. The number of fused-ring (bicyclic) bond motifs is 1. The summed E-state index contributed by atoms with van der Waals surface area (Å²) < 4.78 is 8.62. The van der Waals surface area contributed by atoms with Gasteiger partial charge in [-0.2, -0.15) is 0 Å². The van der Waals surface area contributed by atoms with Crippen LogP contribution in [0.4, 0.5) is 0 Å². The standard InChI is InChI=1S/C25H24IN5O/c1-6-7-10-21(27-5)25(4,22-11-8-9-12-28-22)31-15-19(26)24-20(31)13-18(14-29-24)23-16(2)30-32-17(23)3/h6-15H,5H2,1-4H3/b7-6-,21-10-. The lowest BCUT2D eigenvalue weighted by Crippen LogP contribution is -2.33. The fourth-order valence-corrected chi connectivity index (χ4v) is 4.75. The number of aromatic nitrogens is 4. The largest absolute Gasteiger partial charge is 0.361 e. The molecule has 4 aromatic heterocycles. The van der Waals surface area contributed by atoms with E-state index in [2.05, 4.69) is 63.2 Å². The molecule has 4 heterocycles. The molecular formula is C25H24IN5O. The van der Waals surface area contributed by atoms with E-state index >= 15 is 0 Å². The molecule has 32 heavy (non-hydrogen) atoms. The van der Waals surface area contributed by atoms with Crippen molar-refractivity contribution in [2.45, 2.75) is 33.2 Å². The first-order valence-electron chi connectivity index (χ1n) is 10.2. The molecular weight excluding hydrogens is 513 g/mol. The summed E-state index contributed by atoms with van der Waals surface area (Å²) in [4.78, 5) is 13.9. The Kier molecular flexibility index (Phi) is 6.10. The lowest BCUT2D eigenvalue weighted by Gasteiger charge is -2.32. The average Bonchev–Trinajstić information content (AvgIpc) is 3.32. The molecule has 0 aliphatic heterocycles.